The highest BCUT2D eigenvalue weighted by atomic mass is 16.5. The number of nitrogens with zero attached hydrogens (tertiary/aromatic N) is 1. The minimum atomic E-state index is -0.591. The normalized spacial score (nSPS) is 14.2. The molecule has 4 aromatic rings. The van der Waals surface area contributed by atoms with Gasteiger partial charge in [-0.05, 0) is 41.8 Å². The molecule has 164 valence electrons. The molecule has 2 heterocycles. The summed E-state index contributed by atoms with van der Waals surface area (Å²) in [5, 5.41) is 2.99. The number of amides is 1. The van der Waals surface area contributed by atoms with Gasteiger partial charge in [0.2, 0.25) is 5.88 Å². The summed E-state index contributed by atoms with van der Waals surface area (Å²) in [6, 6.07) is 29.6. The monoisotopic (exact) mass is 436 g/mol. The molecule has 5 nitrogen and oxygen atoms in total. The number of aromatic nitrogens is 1. The number of pyridine rings is 1. The first-order valence-corrected chi connectivity index (χ1v) is 11.1. The summed E-state index contributed by atoms with van der Waals surface area (Å²) in [6.45, 7) is 0.563. The third kappa shape index (κ3) is 4.72. The smallest absolute Gasteiger partial charge is 0.261 e. The van der Waals surface area contributed by atoms with Crippen LogP contribution in [0.3, 0.4) is 0 Å². The first kappa shape index (κ1) is 20.8. The Morgan fingerprint density at radius 1 is 0.909 bits per heavy atom. The molecule has 1 aliphatic rings. The first-order valence-electron chi connectivity index (χ1n) is 11.1. The predicted molar refractivity (Wildman–Crippen MR) is 127 cm³/mol. The quantitative estimate of drug-likeness (QED) is 0.432. The molecule has 0 spiro atoms. The molecule has 0 aliphatic carbocycles. The summed E-state index contributed by atoms with van der Waals surface area (Å²) in [6.07, 6.45) is 2.37. The van der Waals surface area contributed by atoms with Gasteiger partial charge in [0.25, 0.3) is 5.91 Å². The van der Waals surface area contributed by atoms with Crippen LogP contribution in [-0.2, 0) is 17.6 Å². The fourth-order valence-electron chi connectivity index (χ4n) is 4.01. The molecular weight excluding hydrogens is 412 g/mol. The van der Waals surface area contributed by atoms with E-state index < -0.39 is 6.10 Å². The van der Waals surface area contributed by atoms with Gasteiger partial charge in [0.15, 0.2) is 6.10 Å². The van der Waals surface area contributed by atoms with Gasteiger partial charge in [0, 0.05) is 30.3 Å². The zero-order valence-electron chi connectivity index (χ0n) is 18.1. The molecule has 5 heteroatoms. The summed E-state index contributed by atoms with van der Waals surface area (Å²) >= 11 is 0. The Morgan fingerprint density at radius 3 is 2.45 bits per heavy atom. The van der Waals surface area contributed by atoms with Crippen LogP contribution in [0.5, 0.6) is 17.4 Å². The number of fused-ring (bicyclic) bond motifs is 1. The number of hydrogen-bond acceptors (Lipinski definition) is 4. The van der Waals surface area contributed by atoms with Crippen molar-refractivity contribution in [1.82, 2.24) is 10.3 Å². The maximum atomic E-state index is 12.8. The number of ether oxygens (including phenoxy) is 2. The molecule has 33 heavy (non-hydrogen) atoms. The van der Waals surface area contributed by atoms with Crippen LogP contribution in [0.2, 0.25) is 0 Å². The molecule has 1 aromatic heterocycles. The van der Waals surface area contributed by atoms with Gasteiger partial charge in [-0.1, -0.05) is 66.7 Å². The maximum Gasteiger partial charge on any atom is 0.261 e. The van der Waals surface area contributed by atoms with Crippen molar-refractivity contribution >= 4 is 5.91 Å². The van der Waals surface area contributed by atoms with Crippen LogP contribution in [0.25, 0.3) is 11.1 Å². The predicted octanol–water partition coefficient (Wildman–Crippen LogP) is 5.20. The summed E-state index contributed by atoms with van der Waals surface area (Å²) < 4.78 is 12.1. The van der Waals surface area contributed by atoms with E-state index in [0.29, 0.717) is 18.8 Å². The van der Waals surface area contributed by atoms with Crippen molar-refractivity contribution in [3.05, 3.63) is 108 Å². The number of para-hydroxylation sites is 2. The van der Waals surface area contributed by atoms with Gasteiger partial charge < -0.3 is 14.8 Å². The third-order valence-electron chi connectivity index (χ3n) is 5.66. The van der Waals surface area contributed by atoms with E-state index in [2.05, 4.69) is 22.4 Å². The molecule has 1 amide bonds. The van der Waals surface area contributed by atoms with Crippen LogP contribution >= 0.6 is 0 Å². The molecule has 0 radical (unpaired) electrons. The Labute approximate surface area is 193 Å². The zero-order chi connectivity index (χ0) is 22.5. The zero-order valence-corrected chi connectivity index (χ0v) is 18.1. The Hall–Kier alpha value is -4.12. The van der Waals surface area contributed by atoms with Gasteiger partial charge in [-0.25, -0.2) is 4.98 Å². The first-order chi connectivity index (χ1) is 16.3. The number of hydrogen-bond donors (Lipinski definition) is 1. The summed E-state index contributed by atoms with van der Waals surface area (Å²) in [7, 11) is 0. The summed E-state index contributed by atoms with van der Waals surface area (Å²) in [5.41, 5.74) is 4.01. The van der Waals surface area contributed by atoms with Gasteiger partial charge in [-0.15, -0.1) is 0 Å². The van der Waals surface area contributed by atoms with Gasteiger partial charge in [0.05, 0.1) is 0 Å². The van der Waals surface area contributed by atoms with Crippen LogP contribution in [0.15, 0.2) is 97.2 Å². The lowest BCUT2D eigenvalue weighted by Crippen LogP contribution is -2.38. The molecule has 0 bridgehead atoms. The van der Waals surface area contributed by atoms with E-state index in [9.17, 15) is 4.79 Å². The molecule has 0 saturated heterocycles. The Morgan fingerprint density at radius 2 is 1.64 bits per heavy atom. The molecule has 0 saturated carbocycles. The lowest BCUT2D eigenvalue weighted by atomic mass is 9.98. The highest BCUT2D eigenvalue weighted by Crippen LogP contribution is 2.40. The lowest BCUT2D eigenvalue weighted by Gasteiger charge is -2.13. The number of carbonyl (C=O) groups is 1. The number of benzene rings is 3. The topological polar surface area (TPSA) is 60.5 Å². The second kappa shape index (κ2) is 9.57. The summed E-state index contributed by atoms with van der Waals surface area (Å²) in [5.74, 6) is 1.89. The molecule has 1 aliphatic heterocycles. The van der Waals surface area contributed by atoms with E-state index in [0.717, 1.165) is 34.6 Å². The van der Waals surface area contributed by atoms with Crippen molar-refractivity contribution in [2.45, 2.75) is 18.9 Å². The SMILES string of the molecule is O=C(NCCc1ccccc1)C1Cc2c(-c3ccccc3Oc3ccccc3)ccnc2O1. The van der Waals surface area contributed by atoms with Crippen LogP contribution in [0.4, 0.5) is 0 Å². The van der Waals surface area contributed by atoms with E-state index in [1.165, 1.54) is 5.56 Å². The molecule has 0 fully saturated rings. The highest BCUT2D eigenvalue weighted by molar-refractivity contribution is 5.84. The van der Waals surface area contributed by atoms with E-state index in [1.807, 2.05) is 78.9 Å². The standard InChI is InChI=1S/C28H24N2O3/c31-27(29-17-15-20-9-3-1-4-10-20)26-19-24-22(16-18-30-28(24)33-26)23-13-7-8-14-25(23)32-21-11-5-2-6-12-21/h1-14,16,18,26H,15,17,19H2,(H,29,31). The highest BCUT2D eigenvalue weighted by Gasteiger charge is 2.32. The van der Waals surface area contributed by atoms with Crippen LogP contribution in [0.1, 0.15) is 11.1 Å². The van der Waals surface area contributed by atoms with Crippen molar-refractivity contribution in [1.29, 1.82) is 0 Å². The molecular formula is C28H24N2O3. The maximum absolute atomic E-state index is 12.8. The van der Waals surface area contributed by atoms with E-state index in [4.69, 9.17) is 9.47 Å². The van der Waals surface area contributed by atoms with Crippen molar-refractivity contribution in [3.8, 4) is 28.5 Å². The van der Waals surface area contributed by atoms with Gasteiger partial charge in [-0.3, -0.25) is 4.79 Å². The van der Waals surface area contributed by atoms with E-state index in [1.54, 1.807) is 6.20 Å². The van der Waals surface area contributed by atoms with Crippen LogP contribution in [-0.4, -0.2) is 23.5 Å². The average Bonchev–Trinajstić information content (AvgIpc) is 3.31. The Balaban J connectivity index is 1.32. The van der Waals surface area contributed by atoms with Crippen molar-refractivity contribution in [2.75, 3.05) is 6.54 Å². The van der Waals surface area contributed by atoms with Crippen molar-refractivity contribution < 1.29 is 14.3 Å². The summed E-state index contributed by atoms with van der Waals surface area (Å²) in [4.78, 5) is 17.1. The van der Waals surface area contributed by atoms with Crippen molar-refractivity contribution in [3.63, 3.8) is 0 Å². The number of nitrogens with one attached hydrogen (secondary N) is 1. The van der Waals surface area contributed by atoms with Crippen LogP contribution in [0, 0.1) is 0 Å². The van der Waals surface area contributed by atoms with Gasteiger partial charge in [0.1, 0.15) is 11.5 Å². The van der Waals surface area contributed by atoms with Gasteiger partial charge in [-0.2, -0.15) is 0 Å². The molecule has 1 atom stereocenters. The second-order valence-electron chi connectivity index (χ2n) is 7.89. The fourth-order valence-corrected chi connectivity index (χ4v) is 4.01. The van der Waals surface area contributed by atoms with E-state index >= 15 is 0 Å². The lowest BCUT2D eigenvalue weighted by molar-refractivity contribution is -0.127. The van der Waals surface area contributed by atoms with Crippen LogP contribution < -0.4 is 14.8 Å². The minimum Gasteiger partial charge on any atom is -0.464 e. The number of rotatable bonds is 7. The molecule has 3 aromatic carbocycles. The minimum absolute atomic E-state index is 0.122. The van der Waals surface area contributed by atoms with E-state index in [-0.39, 0.29) is 5.91 Å². The Kier molecular flexibility index (Phi) is 6.02. The second-order valence-corrected chi connectivity index (χ2v) is 7.89. The van der Waals surface area contributed by atoms with Gasteiger partial charge >= 0.3 is 0 Å². The number of carbonyl (C=O) groups excluding carboxylic acids is 1. The molecule has 1 unspecified atom stereocenters. The Bertz CT molecular complexity index is 1240. The fraction of sp³-hybridized carbons (Fsp3) is 0.143. The average molecular weight is 437 g/mol. The largest absolute Gasteiger partial charge is 0.464 e. The molecule has 5 rings (SSSR count). The van der Waals surface area contributed by atoms with Crippen molar-refractivity contribution in [2.24, 2.45) is 0 Å². The third-order valence-corrected chi connectivity index (χ3v) is 5.66. The molecule has 1 N–H and O–H groups in total.